The Labute approximate surface area is 105 Å². The van der Waals surface area contributed by atoms with Gasteiger partial charge in [-0.2, -0.15) is 0 Å². The molecule has 1 atom stereocenters. The van der Waals surface area contributed by atoms with Crippen LogP contribution in [0, 0.1) is 0 Å². The van der Waals surface area contributed by atoms with Gasteiger partial charge in [0.1, 0.15) is 5.82 Å². The molecule has 1 aromatic heterocycles. The molecule has 2 heterocycles. The Kier molecular flexibility index (Phi) is 4.06. The van der Waals surface area contributed by atoms with Crippen LogP contribution in [0.5, 0.6) is 0 Å². The fourth-order valence-corrected chi connectivity index (χ4v) is 1.82. The highest BCUT2D eigenvalue weighted by molar-refractivity contribution is 5.81. The molecule has 1 aromatic rings. The number of likely N-dealkylation sites (N-methyl/N-ethyl adjacent to an activating group) is 1. The highest BCUT2D eigenvalue weighted by Gasteiger charge is 2.26. The van der Waals surface area contributed by atoms with Crippen molar-refractivity contribution < 1.29 is 9.53 Å². The van der Waals surface area contributed by atoms with Gasteiger partial charge in [-0.05, 0) is 0 Å². The molecule has 0 spiro atoms. The summed E-state index contributed by atoms with van der Waals surface area (Å²) in [6, 6.07) is 0. The Morgan fingerprint density at radius 3 is 3.22 bits per heavy atom. The van der Waals surface area contributed by atoms with Crippen LogP contribution in [0.15, 0.2) is 12.4 Å². The van der Waals surface area contributed by atoms with E-state index in [1.54, 1.807) is 19.4 Å². The molecule has 0 aliphatic carbocycles. The minimum Gasteiger partial charge on any atom is -0.365 e. The Morgan fingerprint density at radius 1 is 1.67 bits per heavy atom. The third-order valence-corrected chi connectivity index (χ3v) is 2.81. The maximum absolute atomic E-state index is 11.5. The average Bonchev–Trinajstić information content (AvgIpc) is 2.46. The summed E-state index contributed by atoms with van der Waals surface area (Å²) in [6.45, 7) is 2.01. The standard InChI is InChI=1S/C11H17N5O2/c1-13-11(17)9-7-16(2-3-18-9)10-6-14-5-8(4-12)15-10/h5-6,9H,2-4,7,12H2,1H3,(H,13,17). The third-order valence-electron chi connectivity index (χ3n) is 2.81. The number of amides is 1. The number of carbonyl (C=O) groups is 1. The predicted molar refractivity (Wildman–Crippen MR) is 65.9 cm³/mol. The second-order valence-electron chi connectivity index (χ2n) is 3.99. The predicted octanol–water partition coefficient (Wildman–Crippen LogP) is -1.11. The van der Waals surface area contributed by atoms with Gasteiger partial charge in [0.2, 0.25) is 0 Å². The molecule has 1 aliphatic rings. The summed E-state index contributed by atoms with van der Waals surface area (Å²) >= 11 is 0. The highest BCUT2D eigenvalue weighted by Crippen LogP contribution is 2.14. The van der Waals surface area contributed by atoms with Crippen molar-refractivity contribution in [2.75, 3.05) is 31.6 Å². The molecule has 0 radical (unpaired) electrons. The zero-order chi connectivity index (χ0) is 13.0. The van der Waals surface area contributed by atoms with E-state index in [1.165, 1.54) is 0 Å². The van der Waals surface area contributed by atoms with Gasteiger partial charge in [0.25, 0.3) is 5.91 Å². The van der Waals surface area contributed by atoms with Gasteiger partial charge in [-0.1, -0.05) is 0 Å². The Morgan fingerprint density at radius 2 is 2.50 bits per heavy atom. The van der Waals surface area contributed by atoms with Crippen LogP contribution < -0.4 is 16.0 Å². The van der Waals surface area contributed by atoms with Gasteiger partial charge in [-0.15, -0.1) is 0 Å². The first kappa shape index (κ1) is 12.7. The number of nitrogens with two attached hydrogens (primary N) is 1. The van der Waals surface area contributed by atoms with E-state index in [4.69, 9.17) is 10.5 Å². The first-order chi connectivity index (χ1) is 8.74. The number of carbonyl (C=O) groups excluding carboxylic acids is 1. The van der Waals surface area contributed by atoms with Crippen LogP contribution in [-0.4, -0.2) is 48.7 Å². The Hall–Kier alpha value is -1.73. The van der Waals surface area contributed by atoms with Gasteiger partial charge >= 0.3 is 0 Å². The molecule has 98 valence electrons. The molecule has 7 heteroatoms. The van der Waals surface area contributed by atoms with Gasteiger partial charge in [0, 0.05) is 26.3 Å². The zero-order valence-electron chi connectivity index (χ0n) is 10.3. The summed E-state index contributed by atoms with van der Waals surface area (Å²) in [5, 5.41) is 2.58. The summed E-state index contributed by atoms with van der Waals surface area (Å²) in [5.74, 6) is 0.609. The smallest absolute Gasteiger partial charge is 0.250 e. The number of nitrogens with zero attached hydrogens (tertiary/aromatic N) is 3. The lowest BCUT2D eigenvalue weighted by Gasteiger charge is -2.32. The zero-order valence-corrected chi connectivity index (χ0v) is 10.3. The molecular weight excluding hydrogens is 234 g/mol. The van der Waals surface area contributed by atoms with Gasteiger partial charge in [0.05, 0.1) is 25.0 Å². The molecule has 1 fully saturated rings. The van der Waals surface area contributed by atoms with Crippen molar-refractivity contribution in [3.8, 4) is 0 Å². The van der Waals surface area contributed by atoms with Crippen LogP contribution >= 0.6 is 0 Å². The normalized spacial score (nSPS) is 19.7. The van der Waals surface area contributed by atoms with Crippen molar-refractivity contribution >= 4 is 11.7 Å². The minimum atomic E-state index is -0.466. The molecule has 3 N–H and O–H groups in total. The lowest BCUT2D eigenvalue weighted by atomic mass is 10.2. The van der Waals surface area contributed by atoms with Crippen LogP contribution in [0.2, 0.25) is 0 Å². The van der Waals surface area contributed by atoms with Gasteiger partial charge in [-0.25, -0.2) is 4.98 Å². The number of hydrogen-bond donors (Lipinski definition) is 2. The van der Waals surface area contributed by atoms with E-state index in [0.717, 1.165) is 11.5 Å². The van der Waals surface area contributed by atoms with E-state index in [9.17, 15) is 4.79 Å². The lowest BCUT2D eigenvalue weighted by Crippen LogP contribution is -2.49. The fraction of sp³-hybridized carbons (Fsp3) is 0.545. The Balaban J connectivity index is 2.10. The lowest BCUT2D eigenvalue weighted by molar-refractivity contribution is -0.132. The monoisotopic (exact) mass is 251 g/mol. The molecule has 7 nitrogen and oxygen atoms in total. The molecule has 0 saturated carbocycles. The number of anilines is 1. The van der Waals surface area contributed by atoms with Crippen molar-refractivity contribution in [3.05, 3.63) is 18.1 Å². The van der Waals surface area contributed by atoms with Crippen LogP contribution in [0.3, 0.4) is 0 Å². The van der Waals surface area contributed by atoms with Crippen LogP contribution in [0.4, 0.5) is 5.82 Å². The molecular formula is C11H17N5O2. The molecule has 18 heavy (non-hydrogen) atoms. The molecule has 1 saturated heterocycles. The number of aromatic nitrogens is 2. The first-order valence-corrected chi connectivity index (χ1v) is 5.83. The minimum absolute atomic E-state index is 0.123. The highest BCUT2D eigenvalue weighted by atomic mass is 16.5. The summed E-state index contributed by atoms with van der Waals surface area (Å²) in [5.41, 5.74) is 6.27. The number of morpholine rings is 1. The maximum Gasteiger partial charge on any atom is 0.250 e. The van der Waals surface area contributed by atoms with Gasteiger partial charge in [0.15, 0.2) is 6.10 Å². The maximum atomic E-state index is 11.5. The Bertz CT molecular complexity index is 426. The van der Waals surface area contributed by atoms with E-state index in [1.807, 2.05) is 4.90 Å². The average molecular weight is 251 g/mol. The van der Waals surface area contributed by atoms with E-state index < -0.39 is 6.10 Å². The van der Waals surface area contributed by atoms with Crippen molar-refractivity contribution in [3.63, 3.8) is 0 Å². The summed E-state index contributed by atoms with van der Waals surface area (Å²) in [6.07, 6.45) is 2.85. The van der Waals surface area contributed by atoms with Gasteiger partial charge < -0.3 is 20.7 Å². The van der Waals surface area contributed by atoms with Crippen LogP contribution in [-0.2, 0) is 16.1 Å². The number of ether oxygens (including phenoxy) is 1. The van der Waals surface area contributed by atoms with Crippen molar-refractivity contribution in [2.24, 2.45) is 5.73 Å². The van der Waals surface area contributed by atoms with E-state index in [0.29, 0.717) is 26.2 Å². The van der Waals surface area contributed by atoms with Crippen molar-refractivity contribution in [2.45, 2.75) is 12.6 Å². The van der Waals surface area contributed by atoms with Crippen molar-refractivity contribution in [1.82, 2.24) is 15.3 Å². The number of hydrogen-bond acceptors (Lipinski definition) is 6. The quantitative estimate of drug-likeness (QED) is 0.707. The van der Waals surface area contributed by atoms with Crippen molar-refractivity contribution in [1.29, 1.82) is 0 Å². The largest absolute Gasteiger partial charge is 0.365 e. The molecule has 2 rings (SSSR count). The third kappa shape index (κ3) is 2.74. The van der Waals surface area contributed by atoms with E-state index in [2.05, 4.69) is 15.3 Å². The molecule has 1 aliphatic heterocycles. The van der Waals surface area contributed by atoms with Gasteiger partial charge in [-0.3, -0.25) is 9.78 Å². The van der Waals surface area contributed by atoms with E-state index >= 15 is 0 Å². The first-order valence-electron chi connectivity index (χ1n) is 5.83. The second-order valence-corrected chi connectivity index (χ2v) is 3.99. The topological polar surface area (TPSA) is 93.4 Å². The summed E-state index contributed by atoms with van der Waals surface area (Å²) in [4.78, 5) is 22.0. The number of rotatable bonds is 3. The molecule has 1 unspecified atom stereocenters. The fourth-order valence-electron chi connectivity index (χ4n) is 1.82. The molecule has 1 amide bonds. The molecule has 0 aromatic carbocycles. The SMILES string of the molecule is CNC(=O)C1CN(c2cncc(CN)n2)CCO1. The molecule has 0 bridgehead atoms. The number of nitrogens with one attached hydrogen (secondary N) is 1. The van der Waals surface area contributed by atoms with Crippen LogP contribution in [0.1, 0.15) is 5.69 Å². The second kappa shape index (κ2) is 5.74. The van der Waals surface area contributed by atoms with E-state index in [-0.39, 0.29) is 5.91 Å². The summed E-state index contributed by atoms with van der Waals surface area (Å²) in [7, 11) is 1.60. The summed E-state index contributed by atoms with van der Waals surface area (Å²) < 4.78 is 5.41. The van der Waals surface area contributed by atoms with Crippen LogP contribution in [0.25, 0.3) is 0 Å².